The Morgan fingerprint density at radius 1 is 0.900 bits per heavy atom. The van der Waals surface area contributed by atoms with Crippen LogP contribution in [-0.4, -0.2) is 14.3 Å². The van der Waals surface area contributed by atoms with Gasteiger partial charge in [0, 0.05) is 6.92 Å². The number of carbonyl (C=O) groups excluding carboxylic acids is 1. The summed E-state index contributed by atoms with van der Waals surface area (Å²) >= 11 is 0. The number of benzene rings is 2. The Balaban J connectivity index is 2.66. The summed E-state index contributed by atoms with van der Waals surface area (Å²) < 4.78 is 5.97. The first kappa shape index (κ1) is 14.5. The minimum Gasteiger partial charge on any atom is -0.510 e. The van der Waals surface area contributed by atoms with Crippen LogP contribution in [0.2, 0.25) is 5.54 Å². The van der Waals surface area contributed by atoms with Crippen molar-refractivity contribution in [1.82, 2.24) is 0 Å². The molecule has 0 amide bonds. The lowest BCUT2D eigenvalue weighted by atomic mass is 10.4. The molecule has 0 aliphatic heterocycles. The number of carbonyl (C=O) groups is 1. The first-order valence-electron chi connectivity index (χ1n) is 6.88. The minimum atomic E-state index is -2.54. The fraction of sp³-hybridized carbons (Fsp3) is 0.235. The topological polar surface area (TPSA) is 26.3 Å². The van der Waals surface area contributed by atoms with E-state index in [1.807, 2.05) is 36.4 Å². The molecular formula is C17H20O2Si. The van der Waals surface area contributed by atoms with Gasteiger partial charge in [0.2, 0.25) is 0 Å². The van der Waals surface area contributed by atoms with Crippen LogP contribution in [0.15, 0.2) is 60.7 Å². The van der Waals surface area contributed by atoms with E-state index in [0.29, 0.717) is 0 Å². The summed E-state index contributed by atoms with van der Waals surface area (Å²) in [7, 11) is -2.54. The van der Waals surface area contributed by atoms with Crippen molar-refractivity contribution in [1.29, 1.82) is 0 Å². The predicted octanol–water partition coefficient (Wildman–Crippen LogP) is 2.72. The van der Waals surface area contributed by atoms with E-state index in [9.17, 15) is 4.79 Å². The molecule has 0 fully saturated rings. The Labute approximate surface area is 121 Å². The van der Waals surface area contributed by atoms with Crippen LogP contribution >= 0.6 is 0 Å². The van der Waals surface area contributed by atoms with E-state index in [1.54, 1.807) is 0 Å². The van der Waals surface area contributed by atoms with Gasteiger partial charge in [-0.2, -0.15) is 0 Å². The Hall–Kier alpha value is -1.87. The Kier molecular flexibility index (Phi) is 4.40. The molecule has 0 aromatic heterocycles. The second-order valence-corrected chi connectivity index (χ2v) is 9.20. The molecule has 0 atom stereocenters. The molecule has 0 N–H and O–H groups in total. The number of rotatable bonds is 4. The van der Waals surface area contributed by atoms with Crippen molar-refractivity contribution in [2.45, 2.75) is 26.3 Å². The van der Waals surface area contributed by atoms with E-state index in [2.05, 4.69) is 38.1 Å². The lowest BCUT2D eigenvalue weighted by Gasteiger charge is -2.34. The quantitative estimate of drug-likeness (QED) is 0.807. The smallest absolute Gasteiger partial charge is 0.320 e. The van der Waals surface area contributed by atoms with Gasteiger partial charge in [0.15, 0.2) is 0 Å². The maximum Gasteiger partial charge on any atom is 0.320 e. The monoisotopic (exact) mass is 284 g/mol. The third-order valence-corrected chi connectivity index (χ3v) is 8.14. The highest BCUT2D eigenvalue weighted by Gasteiger charge is 2.45. The van der Waals surface area contributed by atoms with Crippen molar-refractivity contribution in [2.24, 2.45) is 0 Å². The van der Waals surface area contributed by atoms with E-state index in [0.717, 1.165) is 10.4 Å². The van der Waals surface area contributed by atoms with Crippen LogP contribution in [0.1, 0.15) is 20.8 Å². The Bertz CT molecular complexity index is 525. The molecule has 0 heterocycles. The van der Waals surface area contributed by atoms with Gasteiger partial charge in [0.1, 0.15) is 0 Å². The molecule has 0 unspecified atom stereocenters. The second kappa shape index (κ2) is 6.05. The molecule has 3 heteroatoms. The maximum atomic E-state index is 11.7. The van der Waals surface area contributed by atoms with E-state index >= 15 is 0 Å². The predicted molar refractivity (Wildman–Crippen MR) is 84.8 cm³/mol. The van der Waals surface area contributed by atoms with Crippen molar-refractivity contribution in [3.63, 3.8) is 0 Å². The first-order valence-corrected chi connectivity index (χ1v) is 8.86. The standard InChI is InChI=1S/C17H20O2Si/c1-14(2)20(19-15(3)18,16-10-6-4-7-11-16)17-12-8-5-9-13-17/h4-14H,1-3H3. The van der Waals surface area contributed by atoms with Crippen LogP contribution in [0.5, 0.6) is 0 Å². The van der Waals surface area contributed by atoms with Gasteiger partial charge in [-0.15, -0.1) is 0 Å². The lowest BCUT2D eigenvalue weighted by Crippen LogP contribution is -2.63. The fourth-order valence-corrected chi connectivity index (χ4v) is 6.63. The van der Waals surface area contributed by atoms with Gasteiger partial charge in [-0.3, -0.25) is 4.79 Å². The summed E-state index contributed by atoms with van der Waals surface area (Å²) in [6.45, 7) is 5.76. The zero-order chi connectivity index (χ0) is 14.6. The zero-order valence-corrected chi connectivity index (χ0v) is 13.2. The molecule has 0 aliphatic carbocycles. The molecule has 20 heavy (non-hydrogen) atoms. The van der Waals surface area contributed by atoms with E-state index < -0.39 is 8.32 Å². The van der Waals surface area contributed by atoms with Gasteiger partial charge >= 0.3 is 8.32 Å². The molecule has 2 nitrogen and oxygen atoms in total. The molecule has 0 aliphatic rings. The van der Waals surface area contributed by atoms with E-state index in [-0.39, 0.29) is 11.5 Å². The second-order valence-electron chi connectivity index (χ2n) is 5.22. The van der Waals surface area contributed by atoms with Gasteiger partial charge in [0.25, 0.3) is 5.97 Å². The minimum absolute atomic E-state index is 0.210. The van der Waals surface area contributed by atoms with Crippen molar-refractivity contribution in [3.05, 3.63) is 60.7 Å². The molecule has 2 aromatic rings. The molecule has 0 saturated carbocycles. The molecule has 2 rings (SSSR count). The van der Waals surface area contributed by atoms with E-state index in [1.165, 1.54) is 6.92 Å². The average Bonchev–Trinajstić information content (AvgIpc) is 2.46. The fourth-order valence-electron chi connectivity index (χ4n) is 2.67. The van der Waals surface area contributed by atoms with Crippen molar-refractivity contribution in [2.75, 3.05) is 0 Å². The van der Waals surface area contributed by atoms with Crippen molar-refractivity contribution in [3.8, 4) is 0 Å². The van der Waals surface area contributed by atoms with Crippen molar-refractivity contribution >= 4 is 24.7 Å². The third kappa shape index (κ3) is 2.68. The van der Waals surface area contributed by atoms with Gasteiger partial charge in [-0.25, -0.2) is 0 Å². The third-order valence-electron chi connectivity index (χ3n) is 3.52. The first-order chi connectivity index (χ1) is 9.57. The lowest BCUT2D eigenvalue weighted by molar-refractivity contribution is -0.132. The molecule has 0 spiro atoms. The molecular weight excluding hydrogens is 264 g/mol. The molecule has 0 radical (unpaired) electrons. The maximum absolute atomic E-state index is 11.7. The molecule has 0 bridgehead atoms. The van der Waals surface area contributed by atoms with Crippen LogP contribution in [0.25, 0.3) is 0 Å². The molecule has 2 aromatic carbocycles. The van der Waals surface area contributed by atoms with Crippen molar-refractivity contribution < 1.29 is 9.22 Å². The van der Waals surface area contributed by atoms with Crippen LogP contribution in [0.4, 0.5) is 0 Å². The Morgan fingerprint density at radius 2 is 1.30 bits per heavy atom. The van der Waals surface area contributed by atoms with E-state index in [4.69, 9.17) is 4.43 Å². The SMILES string of the molecule is CC(=O)O[Si](c1ccccc1)(c1ccccc1)C(C)C. The normalized spacial score (nSPS) is 11.4. The highest BCUT2D eigenvalue weighted by molar-refractivity contribution is 6.99. The average molecular weight is 284 g/mol. The number of hydrogen-bond acceptors (Lipinski definition) is 2. The van der Waals surface area contributed by atoms with Gasteiger partial charge < -0.3 is 4.43 Å². The summed E-state index contributed by atoms with van der Waals surface area (Å²) in [5, 5.41) is 2.27. The number of hydrogen-bond donors (Lipinski definition) is 0. The Morgan fingerprint density at radius 3 is 1.60 bits per heavy atom. The van der Waals surface area contributed by atoms with Gasteiger partial charge in [-0.05, 0) is 15.9 Å². The van der Waals surface area contributed by atoms with Crippen LogP contribution in [0.3, 0.4) is 0 Å². The summed E-state index contributed by atoms with van der Waals surface area (Å²) in [6.07, 6.45) is 0. The highest BCUT2D eigenvalue weighted by Crippen LogP contribution is 2.22. The molecule has 104 valence electrons. The molecule has 0 saturated heterocycles. The zero-order valence-electron chi connectivity index (χ0n) is 12.2. The van der Waals surface area contributed by atoms with Crippen LogP contribution in [0, 0.1) is 0 Å². The van der Waals surface area contributed by atoms with Crippen LogP contribution < -0.4 is 10.4 Å². The largest absolute Gasteiger partial charge is 0.510 e. The van der Waals surface area contributed by atoms with Gasteiger partial charge in [0.05, 0.1) is 0 Å². The highest BCUT2D eigenvalue weighted by atomic mass is 28.4. The summed E-state index contributed by atoms with van der Waals surface area (Å²) in [4.78, 5) is 11.7. The van der Waals surface area contributed by atoms with Gasteiger partial charge in [-0.1, -0.05) is 74.5 Å². The van der Waals surface area contributed by atoms with Crippen LogP contribution in [-0.2, 0) is 9.22 Å². The summed E-state index contributed by atoms with van der Waals surface area (Å²) in [6, 6.07) is 20.3. The summed E-state index contributed by atoms with van der Waals surface area (Å²) in [5.41, 5.74) is 0.260. The summed E-state index contributed by atoms with van der Waals surface area (Å²) in [5.74, 6) is -0.210.